The molecule has 2 N–H and O–H groups in total. The summed E-state index contributed by atoms with van der Waals surface area (Å²) in [5.41, 5.74) is -1.83. The van der Waals surface area contributed by atoms with E-state index in [2.05, 4.69) is 15.5 Å². The summed E-state index contributed by atoms with van der Waals surface area (Å²) in [5.74, 6) is -0.240. The molecule has 0 radical (unpaired) electrons. The fourth-order valence-corrected chi connectivity index (χ4v) is 2.65. The number of nitrogens with zero attached hydrogens (tertiary/aromatic N) is 2. The monoisotopic (exact) mass is 390 g/mol. The molecule has 7 nitrogen and oxygen atoms in total. The summed E-state index contributed by atoms with van der Waals surface area (Å²) >= 11 is 0. The number of hydrogen-bond donors (Lipinski definition) is 2. The highest BCUT2D eigenvalue weighted by Gasteiger charge is 2.33. The van der Waals surface area contributed by atoms with Gasteiger partial charge in [-0.25, -0.2) is 0 Å². The molecule has 0 bridgehead atoms. The van der Waals surface area contributed by atoms with Crippen molar-refractivity contribution in [3.05, 3.63) is 33.9 Å². The van der Waals surface area contributed by atoms with Gasteiger partial charge in [-0.15, -0.1) is 0 Å². The molecule has 0 aromatic heterocycles. The average molecular weight is 390 g/mol. The number of halogens is 3. The van der Waals surface area contributed by atoms with Crippen molar-refractivity contribution in [2.24, 2.45) is 0 Å². The van der Waals surface area contributed by atoms with Gasteiger partial charge in [0.1, 0.15) is 5.69 Å². The second-order valence-electron chi connectivity index (χ2n) is 6.04. The van der Waals surface area contributed by atoms with Gasteiger partial charge in [0.2, 0.25) is 5.91 Å². The van der Waals surface area contributed by atoms with Gasteiger partial charge in [-0.3, -0.25) is 19.8 Å². The van der Waals surface area contributed by atoms with Crippen LogP contribution in [-0.4, -0.2) is 48.0 Å². The molecule has 1 aromatic carbocycles. The van der Waals surface area contributed by atoms with Gasteiger partial charge in [0.15, 0.2) is 0 Å². The molecule has 10 heteroatoms. The van der Waals surface area contributed by atoms with E-state index in [1.54, 1.807) is 0 Å². The first kappa shape index (κ1) is 22.7. The third-order valence-electron chi connectivity index (χ3n) is 4.22. The van der Waals surface area contributed by atoms with Crippen molar-refractivity contribution >= 4 is 17.3 Å². The summed E-state index contributed by atoms with van der Waals surface area (Å²) in [4.78, 5) is 24.2. The number of likely N-dealkylation sites (N-methyl/N-ethyl adjacent to an activating group) is 1. The van der Waals surface area contributed by atoms with Crippen LogP contribution in [0.25, 0.3) is 0 Å². The van der Waals surface area contributed by atoms with Crippen LogP contribution in [0.4, 0.5) is 24.5 Å². The Balaban J connectivity index is 2.58. The molecule has 152 valence electrons. The minimum absolute atomic E-state index is 0.0448. The van der Waals surface area contributed by atoms with Crippen LogP contribution in [0, 0.1) is 10.1 Å². The summed E-state index contributed by atoms with van der Waals surface area (Å²) in [5, 5.41) is 16.4. The highest BCUT2D eigenvalue weighted by molar-refractivity contribution is 5.76. The minimum Gasteiger partial charge on any atom is -0.379 e. The van der Waals surface area contributed by atoms with Crippen LogP contribution < -0.4 is 10.6 Å². The third kappa shape index (κ3) is 7.05. The molecule has 1 atom stereocenters. The highest BCUT2D eigenvalue weighted by Crippen LogP contribution is 2.34. The molecule has 0 aliphatic carbocycles. The van der Waals surface area contributed by atoms with E-state index in [0.29, 0.717) is 12.6 Å². The van der Waals surface area contributed by atoms with Crippen molar-refractivity contribution in [2.45, 2.75) is 39.4 Å². The van der Waals surface area contributed by atoms with Crippen molar-refractivity contribution < 1.29 is 22.9 Å². The standard InChI is InChI=1S/C17H25F3N4O3/c1-4-23(5-2)12(3)11-22-16(25)8-9-21-14-7-6-13(17(18,19)20)10-15(14)24(26)27/h6-7,10,12,21H,4-5,8-9,11H2,1-3H3,(H,22,25). The number of carbonyl (C=O) groups is 1. The zero-order valence-electron chi connectivity index (χ0n) is 15.6. The Morgan fingerprint density at radius 2 is 1.93 bits per heavy atom. The maximum Gasteiger partial charge on any atom is 0.416 e. The van der Waals surface area contributed by atoms with Crippen LogP contribution in [0.15, 0.2) is 18.2 Å². The molecule has 1 rings (SSSR count). The SMILES string of the molecule is CCN(CC)C(C)CNC(=O)CCNc1ccc(C(F)(F)F)cc1[N+](=O)[O-]. The number of anilines is 1. The van der Waals surface area contributed by atoms with E-state index >= 15 is 0 Å². The lowest BCUT2D eigenvalue weighted by molar-refractivity contribution is -0.384. The van der Waals surface area contributed by atoms with E-state index in [1.807, 2.05) is 20.8 Å². The topological polar surface area (TPSA) is 87.5 Å². The molecule has 0 saturated heterocycles. The van der Waals surface area contributed by atoms with Gasteiger partial charge in [0.05, 0.1) is 10.5 Å². The van der Waals surface area contributed by atoms with Crippen LogP contribution in [0.5, 0.6) is 0 Å². The Kier molecular flexibility index (Phi) is 8.48. The van der Waals surface area contributed by atoms with E-state index in [-0.39, 0.29) is 30.6 Å². The second-order valence-corrected chi connectivity index (χ2v) is 6.04. The lowest BCUT2D eigenvalue weighted by atomic mass is 10.1. The first-order valence-electron chi connectivity index (χ1n) is 8.70. The molecular formula is C17H25F3N4O3. The lowest BCUT2D eigenvalue weighted by Gasteiger charge is -2.26. The number of hydrogen-bond acceptors (Lipinski definition) is 5. The second kappa shape index (κ2) is 10.1. The molecule has 1 amide bonds. The molecule has 0 saturated carbocycles. The number of nitro benzene ring substituents is 1. The molecule has 0 spiro atoms. The van der Waals surface area contributed by atoms with E-state index in [4.69, 9.17) is 0 Å². The average Bonchev–Trinajstić information content (AvgIpc) is 2.60. The van der Waals surface area contributed by atoms with Gasteiger partial charge in [-0.1, -0.05) is 13.8 Å². The van der Waals surface area contributed by atoms with E-state index in [9.17, 15) is 28.1 Å². The normalized spacial score (nSPS) is 12.7. The molecule has 0 heterocycles. The predicted molar refractivity (Wildman–Crippen MR) is 96.6 cm³/mol. The number of nitro groups is 1. The van der Waals surface area contributed by atoms with Gasteiger partial charge in [0, 0.05) is 31.6 Å². The molecule has 1 unspecified atom stereocenters. The zero-order chi connectivity index (χ0) is 20.6. The Labute approximate surface area is 156 Å². The smallest absolute Gasteiger partial charge is 0.379 e. The van der Waals surface area contributed by atoms with Gasteiger partial charge in [-0.05, 0) is 32.1 Å². The van der Waals surface area contributed by atoms with Crippen molar-refractivity contribution in [3.8, 4) is 0 Å². The Bertz CT molecular complexity index is 649. The van der Waals surface area contributed by atoms with Crippen molar-refractivity contribution in [2.75, 3.05) is 31.5 Å². The molecule has 27 heavy (non-hydrogen) atoms. The first-order valence-corrected chi connectivity index (χ1v) is 8.70. The van der Waals surface area contributed by atoms with Crippen LogP contribution in [0.3, 0.4) is 0 Å². The zero-order valence-corrected chi connectivity index (χ0v) is 15.6. The summed E-state index contributed by atoms with van der Waals surface area (Å²) in [6.45, 7) is 8.33. The largest absolute Gasteiger partial charge is 0.416 e. The predicted octanol–water partition coefficient (Wildman–Crippen LogP) is 3.26. The van der Waals surface area contributed by atoms with Crippen LogP contribution >= 0.6 is 0 Å². The quantitative estimate of drug-likeness (QED) is 0.473. The summed E-state index contributed by atoms with van der Waals surface area (Å²) in [6.07, 6.45) is -4.62. The summed E-state index contributed by atoms with van der Waals surface area (Å²) in [6, 6.07) is 2.42. The van der Waals surface area contributed by atoms with Crippen LogP contribution in [0.1, 0.15) is 32.8 Å². The van der Waals surface area contributed by atoms with E-state index in [0.717, 1.165) is 25.2 Å². The van der Waals surface area contributed by atoms with Crippen LogP contribution in [0.2, 0.25) is 0 Å². The number of carbonyl (C=O) groups excluding carboxylic acids is 1. The lowest BCUT2D eigenvalue weighted by Crippen LogP contribution is -2.42. The molecule has 0 fully saturated rings. The number of benzene rings is 1. The number of alkyl halides is 3. The number of nitrogens with one attached hydrogen (secondary N) is 2. The minimum atomic E-state index is -4.66. The highest BCUT2D eigenvalue weighted by atomic mass is 19.4. The van der Waals surface area contributed by atoms with Gasteiger partial charge in [0.25, 0.3) is 5.69 Å². The maximum absolute atomic E-state index is 12.7. The number of rotatable bonds is 10. The van der Waals surface area contributed by atoms with Gasteiger partial charge >= 0.3 is 6.18 Å². The Morgan fingerprint density at radius 3 is 2.44 bits per heavy atom. The fourth-order valence-electron chi connectivity index (χ4n) is 2.65. The van der Waals surface area contributed by atoms with E-state index < -0.39 is 22.4 Å². The maximum atomic E-state index is 12.7. The van der Waals surface area contributed by atoms with Gasteiger partial charge < -0.3 is 10.6 Å². The van der Waals surface area contributed by atoms with Crippen molar-refractivity contribution in [1.29, 1.82) is 0 Å². The summed E-state index contributed by atoms with van der Waals surface area (Å²) < 4.78 is 38.0. The molecule has 1 aromatic rings. The van der Waals surface area contributed by atoms with Crippen LogP contribution in [-0.2, 0) is 11.0 Å². The van der Waals surface area contributed by atoms with E-state index in [1.165, 1.54) is 0 Å². The third-order valence-corrected chi connectivity index (χ3v) is 4.22. The molecular weight excluding hydrogens is 365 g/mol. The van der Waals surface area contributed by atoms with Gasteiger partial charge in [-0.2, -0.15) is 13.2 Å². The number of amides is 1. The fraction of sp³-hybridized carbons (Fsp3) is 0.588. The van der Waals surface area contributed by atoms with Crippen molar-refractivity contribution in [3.63, 3.8) is 0 Å². The summed E-state index contributed by atoms with van der Waals surface area (Å²) in [7, 11) is 0. The Morgan fingerprint density at radius 1 is 1.30 bits per heavy atom. The molecule has 0 aliphatic heterocycles. The van der Waals surface area contributed by atoms with Crippen molar-refractivity contribution in [1.82, 2.24) is 10.2 Å². The molecule has 0 aliphatic rings. The first-order chi connectivity index (χ1) is 12.6. The Hall–Kier alpha value is -2.36.